The molecule has 0 radical (unpaired) electrons. The van der Waals surface area contributed by atoms with Gasteiger partial charge in [0, 0.05) is 12.0 Å². The molecule has 0 fully saturated rings. The Bertz CT molecular complexity index is 784. The van der Waals surface area contributed by atoms with Crippen LogP contribution < -0.4 is 0 Å². The van der Waals surface area contributed by atoms with Gasteiger partial charge >= 0.3 is 18.1 Å². The van der Waals surface area contributed by atoms with Gasteiger partial charge in [-0.05, 0) is 39.7 Å². The van der Waals surface area contributed by atoms with Crippen molar-refractivity contribution in [1.82, 2.24) is 5.16 Å². The summed E-state index contributed by atoms with van der Waals surface area (Å²) in [5.74, 6) is -2.75. The van der Waals surface area contributed by atoms with Gasteiger partial charge in [0.15, 0.2) is 0 Å². The topological polar surface area (TPSA) is 78.6 Å². The van der Waals surface area contributed by atoms with Crippen LogP contribution in [-0.4, -0.2) is 28.9 Å². The molecule has 1 heterocycles. The van der Waals surface area contributed by atoms with E-state index in [2.05, 4.69) is 9.68 Å². The Morgan fingerprint density at radius 3 is 2.23 bits per heavy atom. The van der Waals surface area contributed by atoms with Crippen molar-refractivity contribution in [3.63, 3.8) is 0 Å². The predicted molar refractivity (Wildman–Crippen MR) is 107 cm³/mol. The molecule has 0 aliphatic carbocycles. The van der Waals surface area contributed by atoms with E-state index in [0.29, 0.717) is 5.56 Å². The van der Waals surface area contributed by atoms with Gasteiger partial charge in [-0.1, -0.05) is 35.5 Å². The fourth-order valence-electron chi connectivity index (χ4n) is 2.33. The molecule has 0 saturated carbocycles. The lowest BCUT2D eigenvalue weighted by Crippen LogP contribution is -2.28. The highest BCUT2D eigenvalue weighted by Gasteiger charge is 2.33. The summed E-state index contributed by atoms with van der Waals surface area (Å²) in [4.78, 5) is 24.0. The third-order valence-electron chi connectivity index (χ3n) is 3.72. The fraction of sp³-hybridized carbons (Fsp3) is 0.500. The Kier molecular flexibility index (Phi) is 10.2. The first-order valence-electron chi connectivity index (χ1n) is 9.71. The molecule has 172 valence electrons. The summed E-state index contributed by atoms with van der Waals surface area (Å²) in [7, 11) is 0. The van der Waals surface area contributed by atoms with E-state index in [-0.39, 0.29) is 6.61 Å². The van der Waals surface area contributed by atoms with Crippen LogP contribution in [0.4, 0.5) is 13.2 Å². The molecule has 1 unspecified atom stereocenters. The second-order valence-electron chi connectivity index (χ2n) is 7.94. The minimum atomic E-state index is -4.41. The van der Waals surface area contributed by atoms with Crippen LogP contribution in [0.3, 0.4) is 0 Å². The third-order valence-corrected chi connectivity index (χ3v) is 3.72. The summed E-state index contributed by atoms with van der Waals surface area (Å²) in [6.07, 6.45) is -3.27. The normalized spacial score (nSPS) is 12.4. The summed E-state index contributed by atoms with van der Waals surface area (Å²) < 4.78 is 52.0. The van der Waals surface area contributed by atoms with Crippen molar-refractivity contribution in [2.45, 2.75) is 65.3 Å². The lowest BCUT2D eigenvalue weighted by atomic mass is 9.99. The number of carbonyl (C=O) groups is 2. The molecule has 6 nitrogen and oxygen atoms in total. The Balaban J connectivity index is 0.000000683. The summed E-state index contributed by atoms with van der Waals surface area (Å²) in [6.45, 7) is 6.79. The van der Waals surface area contributed by atoms with Crippen LogP contribution in [0, 0.1) is 12.8 Å². The van der Waals surface area contributed by atoms with Gasteiger partial charge in [0.25, 0.3) is 0 Å². The van der Waals surface area contributed by atoms with E-state index in [1.807, 2.05) is 6.92 Å². The molecule has 2 aromatic rings. The molecule has 31 heavy (non-hydrogen) atoms. The molecule has 2 rings (SSSR count). The second kappa shape index (κ2) is 12.1. The molecule has 0 spiro atoms. The van der Waals surface area contributed by atoms with E-state index in [4.69, 9.17) is 9.47 Å². The van der Waals surface area contributed by atoms with Crippen molar-refractivity contribution in [2.24, 2.45) is 5.92 Å². The van der Waals surface area contributed by atoms with E-state index in [0.717, 1.165) is 5.56 Å². The van der Waals surface area contributed by atoms with Crippen molar-refractivity contribution in [1.29, 1.82) is 0 Å². The van der Waals surface area contributed by atoms with Crippen molar-refractivity contribution in [3.8, 4) is 0 Å². The number of ether oxygens (including phenoxy) is 2. The highest BCUT2D eigenvalue weighted by atomic mass is 19.4. The van der Waals surface area contributed by atoms with Crippen LogP contribution in [0.1, 0.15) is 51.2 Å². The molecule has 0 aliphatic rings. The molecule has 9 heteroatoms. The number of halogens is 3. The van der Waals surface area contributed by atoms with Crippen molar-refractivity contribution < 1.29 is 36.8 Å². The van der Waals surface area contributed by atoms with E-state index < -0.39 is 48.9 Å². The molecule has 0 aliphatic heterocycles. The number of aryl methyl sites for hydroxylation is 1. The number of nitrogens with zero attached hydrogens (tertiary/aromatic N) is 1. The van der Waals surface area contributed by atoms with E-state index in [9.17, 15) is 22.8 Å². The standard InChI is InChI=1S/C18H23F3O4.C4H5NO/c1-17(2,3)25-15(22)11-14(9-10-18(19,20)21)16(23)24-12-13-7-5-4-6-8-13;1-4-2-5-6-3-4/h4-8,14H,9-12H2,1-3H3;2-3H,1H3. The van der Waals surface area contributed by atoms with Gasteiger partial charge in [0.05, 0.1) is 18.5 Å². The Morgan fingerprint density at radius 1 is 1.13 bits per heavy atom. The zero-order valence-corrected chi connectivity index (χ0v) is 18.1. The minimum absolute atomic E-state index is 0.0590. The van der Waals surface area contributed by atoms with E-state index in [1.54, 1.807) is 63.6 Å². The van der Waals surface area contributed by atoms with Crippen LogP contribution in [0.5, 0.6) is 0 Å². The summed E-state index contributed by atoms with van der Waals surface area (Å²) in [5, 5.41) is 3.45. The maximum Gasteiger partial charge on any atom is 0.389 e. The number of carbonyl (C=O) groups excluding carboxylic acids is 2. The molecular weight excluding hydrogens is 415 g/mol. The van der Waals surface area contributed by atoms with Crippen molar-refractivity contribution >= 4 is 11.9 Å². The van der Waals surface area contributed by atoms with Gasteiger partial charge in [-0.25, -0.2) is 0 Å². The zero-order chi connectivity index (χ0) is 23.5. The zero-order valence-electron chi connectivity index (χ0n) is 18.1. The quantitative estimate of drug-likeness (QED) is 0.533. The van der Waals surface area contributed by atoms with E-state index >= 15 is 0 Å². The first kappa shape index (κ1) is 26.2. The summed E-state index contributed by atoms with van der Waals surface area (Å²) in [5.41, 5.74) is 0.997. The number of benzene rings is 1. The maximum atomic E-state index is 12.5. The van der Waals surface area contributed by atoms with Gasteiger partial charge < -0.3 is 14.0 Å². The molecule has 1 aromatic carbocycles. The van der Waals surface area contributed by atoms with Gasteiger partial charge in [-0.2, -0.15) is 13.2 Å². The number of esters is 2. The number of hydrogen-bond acceptors (Lipinski definition) is 6. The van der Waals surface area contributed by atoms with Gasteiger partial charge in [0.1, 0.15) is 18.5 Å². The van der Waals surface area contributed by atoms with E-state index in [1.165, 1.54) is 0 Å². The number of hydrogen-bond donors (Lipinski definition) is 0. The Labute approximate surface area is 179 Å². The SMILES string of the molecule is CC(C)(C)OC(=O)CC(CCC(F)(F)F)C(=O)OCc1ccccc1.Cc1cnoc1. The van der Waals surface area contributed by atoms with Gasteiger partial charge in [-0.3, -0.25) is 9.59 Å². The molecule has 1 atom stereocenters. The third kappa shape index (κ3) is 13.1. The number of aromatic nitrogens is 1. The highest BCUT2D eigenvalue weighted by Crippen LogP contribution is 2.27. The molecule has 0 amide bonds. The van der Waals surface area contributed by atoms with Crippen molar-refractivity contribution in [3.05, 3.63) is 53.9 Å². The first-order valence-corrected chi connectivity index (χ1v) is 9.71. The number of rotatable bonds is 7. The highest BCUT2D eigenvalue weighted by molar-refractivity contribution is 5.80. The fourth-order valence-corrected chi connectivity index (χ4v) is 2.33. The molecular formula is C22H28F3NO5. The molecule has 0 bridgehead atoms. The second-order valence-corrected chi connectivity index (χ2v) is 7.94. The van der Waals surface area contributed by atoms with Gasteiger partial charge in [0.2, 0.25) is 0 Å². The molecule has 0 saturated heterocycles. The number of alkyl halides is 3. The van der Waals surface area contributed by atoms with Crippen LogP contribution in [-0.2, 0) is 25.7 Å². The van der Waals surface area contributed by atoms with Crippen LogP contribution in [0.2, 0.25) is 0 Å². The Hall–Kier alpha value is -2.84. The minimum Gasteiger partial charge on any atom is -0.461 e. The smallest absolute Gasteiger partial charge is 0.389 e. The lowest BCUT2D eigenvalue weighted by molar-refractivity contribution is -0.165. The van der Waals surface area contributed by atoms with Crippen LogP contribution >= 0.6 is 0 Å². The maximum absolute atomic E-state index is 12.5. The first-order chi connectivity index (χ1) is 14.4. The summed E-state index contributed by atoms with van der Waals surface area (Å²) in [6, 6.07) is 8.76. The average Bonchev–Trinajstić information content (AvgIpc) is 3.13. The molecule has 0 N–H and O–H groups in total. The largest absolute Gasteiger partial charge is 0.461 e. The van der Waals surface area contributed by atoms with Crippen LogP contribution in [0.25, 0.3) is 0 Å². The lowest BCUT2D eigenvalue weighted by Gasteiger charge is -2.22. The Morgan fingerprint density at radius 2 is 1.77 bits per heavy atom. The predicted octanol–water partition coefficient (Wildman–Crippen LogP) is 5.40. The molecule has 1 aromatic heterocycles. The monoisotopic (exact) mass is 443 g/mol. The van der Waals surface area contributed by atoms with Crippen molar-refractivity contribution in [2.75, 3.05) is 0 Å². The van der Waals surface area contributed by atoms with Crippen LogP contribution in [0.15, 0.2) is 47.3 Å². The summed E-state index contributed by atoms with van der Waals surface area (Å²) >= 11 is 0. The average molecular weight is 443 g/mol. The van der Waals surface area contributed by atoms with Gasteiger partial charge in [-0.15, -0.1) is 0 Å².